The van der Waals surface area contributed by atoms with Crippen LogP contribution in [0.4, 0.5) is 0 Å². The summed E-state index contributed by atoms with van der Waals surface area (Å²) < 4.78 is 12.5. The summed E-state index contributed by atoms with van der Waals surface area (Å²) in [6.45, 7) is 8.40. The van der Waals surface area contributed by atoms with Crippen molar-refractivity contribution in [1.29, 1.82) is 0 Å². The molecule has 1 aromatic heterocycles. The van der Waals surface area contributed by atoms with E-state index in [2.05, 4.69) is 50.9 Å². The first-order valence-corrected chi connectivity index (χ1v) is 9.13. The highest BCUT2D eigenvalue weighted by Crippen LogP contribution is 2.42. The lowest BCUT2D eigenvalue weighted by atomic mass is 9.77. The van der Waals surface area contributed by atoms with Crippen LogP contribution in [-0.2, 0) is 9.31 Å². The quantitative estimate of drug-likeness (QED) is 0.799. The Hall–Kier alpha value is -1.17. The number of nitrogens with zero attached hydrogens (tertiary/aromatic N) is 1. The van der Waals surface area contributed by atoms with Crippen molar-refractivity contribution in [2.24, 2.45) is 0 Å². The fraction of sp³-hybridized carbons (Fsp3) is 0.500. The molecule has 2 fully saturated rings. The number of benzene rings is 1. The predicted molar refractivity (Wildman–Crippen MR) is 95.2 cm³/mol. The van der Waals surface area contributed by atoms with Gasteiger partial charge in [0.05, 0.1) is 21.6 Å². The first-order chi connectivity index (χ1) is 10.9. The van der Waals surface area contributed by atoms with E-state index in [9.17, 15) is 0 Å². The fourth-order valence-electron chi connectivity index (χ4n) is 2.94. The van der Waals surface area contributed by atoms with Crippen molar-refractivity contribution in [3.63, 3.8) is 0 Å². The van der Waals surface area contributed by atoms with Gasteiger partial charge in [-0.05, 0) is 63.0 Å². The largest absolute Gasteiger partial charge is 0.494 e. The van der Waals surface area contributed by atoms with Crippen molar-refractivity contribution in [2.75, 3.05) is 0 Å². The molecule has 5 heteroatoms. The molecule has 0 atom stereocenters. The van der Waals surface area contributed by atoms with Crippen molar-refractivity contribution in [3.05, 3.63) is 35.5 Å². The molecule has 1 aliphatic carbocycles. The van der Waals surface area contributed by atoms with Crippen LogP contribution in [0.3, 0.4) is 0 Å². The second-order valence-electron chi connectivity index (χ2n) is 7.62. The first kappa shape index (κ1) is 15.4. The number of hydrogen-bond donors (Lipinski definition) is 0. The Morgan fingerprint density at radius 1 is 1.09 bits per heavy atom. The standard InChI is InChI=1S/C18H22BNO2S/c1-17(2)18(3,4)22-19(21-17)15-8-13(12-5-6-12)7-14(9-15)16-10-20-11-23-16/h7-12H,5-6H2,1-4H3. The molecule has 2 heterocycles. The highest BCUT2D eigenvalue weighted by Gasteiger charge is 2.51. The van der Waals surface area contributed by atoms with Gasteiger partial charge in [-0.2, -0.15) is 0 Å². The third-order valence-corrected chi connectivity index (χ3v) is 6.09. The monoisotopic (exact) mass is 327 g/mol. The average molecular weight is 327 g/mol. The molecule has 4 rings (SSSR count). The molecule has 0 N–H and O–H groups in total. The van der Waals surface area contributed by atoms with E-state index in [0.717, 1.165) is 5.46 Å². The van der Waals surface area contributed by atoms with Crippen LogP contribution in [0, 0.1) is 0 Å². The Labute approximate surface area is 142 Å². The highest BCUT2D eigenvalue weighted by atomic mass is 32.1. The van der Waals surface area contributed by atoms with Crippen molar-refractivity contribution < 1.29 is 9.31 Å². The maximum Gasteiger partial charge on any atom is 0.494 e. The summed E-state index contributed by atoms with van der Waals surface area (Å²) in [4.78, 5) is 5.42. The first-order valence-electron chi connectivity index (χ1n) is 8.25. The molecule has 1 aromatic carbocycles. The van der Waals surface area contributed by atoms with Gasteiger partial charge in [0.25, 0.3) is 0 Å². The lowest BCUT2D eigenvalue weighted by molar-refractivity contribution is 0.00578. The van der Waals surface area contributed by atoms with E-state index in [4.69, 9.17) is 9.31 Å². The fourth-order valence-corrected chi connectivity index (χ4v) is 3.56. The third-order valence-electron chi connectivity index (χ3n) is 5.27. The number of thiazole rings is 1. The van der Waals surface area contributed by atoms with Gasteiger partial charge in [-0.25, -0.2) is 0 Å². The average Bonchev–Trinajstić information content (AvgIpc) is 3.14. The van der Waals surface area contributed by atoms with E-state index in [-0.39, 0.29) is 18.3 Å². The molecule has 0 radical (unpaired) electrons. The van der Waals surface area contributed by atoms with Crippen LogP contribution in [0.15, 0.2) is 29.9 Å². The summed E-state index contributed by atoms with van der Waals surface area (Å²) in [6.07, 6.45) is 4.51. The molecule has 1 saturated carbocycles. The van der Waals surface area contributed by atoms with Gasteiger partial charge in [0.1, 0.15) is 0 Å². The van der Waals surface area contributed by atoms with Gasteiger partial charge in [0.2, 0.25) is 0 Å². The van der Waals surface area contributed by atoms with Crippen LogP contribution in [0.25, 0.3) is 10.4 Å². The number of rotatable bonds is 3. The van der Waals surface area contributed by atoms with Crippen molar-refractivity contribution in [2.45, 2.75) is 57.7 Å². The molecule has 1 aliphatic heterocycles. The molecule has 1 saturated heterocycles. The van der Waals surface area contributed by atoms with E-state index in [1.807, 2.05) is 11.7 Å². The summed E-state index contributed by atoms with van der Waals surface area (Å²) >= 11 is 1.67. The minimum Gasteiger partial charge on any atom is -0.399 e. The van der Waals surface area contributed by atoms with Crippen LogP contribution in [0.5, 0.6) is 0 Å². The molecule has 3 nitrogen and oxygen atoms in total. The minimum absolute atomic E-state index is 0.301. The van der Waals surface area contributed by atoms with E-state index < -0.39 is 0 Å². The summed E-state index contributed by atoms with van der Waals surface area (Å²) in [7, 11) is -0.301. The van der Waals surface area contributed by atoms with Gasteiger partial charge in [0, 0.05) is 6.20 Å². The maximum absolute atomic E-state index is 6.24. The maximum atomic E-state index is 6.24. The molecule has 0 spiro atoms. The van der Waals surface area contributed by atoms with Crippen molar-refractivity contribution >= 4 is 23.9 Å². The summed E-state index contributed by atoms with van der Waals surface area (Å²) in [5.41, 5.74) is 5.02. The molecule has 0 amide bonds. The van der Waals surface area contributed by atoms with Crippen LogP contribution in [0.1, 0.15) is 52.0 Å². The van der Waals surface area contributed by atoms with Gasteiger partial charge in [0.15, 0.2) is 0 Å². The van der Waals surface area contributed by atoms with Crippen LogP contribution in [-0.4, -0.2) is 23.3 Å². The van der Waals surface area contributed by atoms with Crippen LogP contribution < -0.4 is 5.46 Å². The Morgan fingerprint density at radius 2 is 1.78 bits per heavy atom. The molecule has 23 heavy (non-hydrogen) atoms. The zero-order chi connectivity index (χ0) is 16.2. The third kappa shape index (κ3) is 2.75. The molecule has 0 bridgehead atoms. The predicted octanol–water partition coefficient (Wildman–Crippen LogP) is 3.99. The smallest absolute Gasteiger partial charge is 0.399 e. The zero-order valence-electron chi connectivity index (χ0n) is 14.1. The summed E-state index contributed by atoms with van der Waals surface area (Å²) in [6, 6.07) is 6.77. The van der Waals surface area contributed by atoms with Crippen molar-refractivity contribution in [3.8, 4) is 10.4 Å². The molecule has 120 valence electrons. The van der Waals surface area contributed by atoms with E-state index in [1.54, 1.807) is 11.3 Å². The Kier molecular flexibility index (Phi) is 3.45. The number of hydrogen-bond acceptors (Lipinski definition) is 4. The summed E-state index contributed by atoms with van der Waals surface area (Å²) in [5, 5.41) is 0. The lowest BCUT2D eigenvalue weighted by Crippen LogP contribution is -2.41. The summed E-state index contributed by atoms with van der Waals surface area (Å²) in [5.74, 6) is 0.698. The minimum atomic E-state index is -0.308. The van der Waals surface area contributed by atoms with Gasteiger partial charge in [-0.15, -0.1) is 11.3 Å². The molecule has 0 unspecified atom stereocenters. The molecule has 2 aromatic rings. The van der Waals surface area contributed by atoms with E-state index >= 15 is 0 Å². The Morgan fingerprint density at radius 3 is 2.35 bits per heavy atom. The lowest BCUT2D eigenvalue weighted by Gasteiger charge is -2.32. The van der Waals surface area contributed by atoms with Gasteiger partial charge in [-0.3, -0.25) is 4.98 Å². The van der Waals surface area contributed by atoms with Crippen LogP contribution >= 0.6 is 11.3 Å². The second-order valence-corrected chi connectivity index (χ2v) is 8.50. The van der Waals surface area contributed by atoms with E-state index in [1.165, 1.54) is 28.8 Å². The Bertz CT molecular complexity index is 707. The van der Waals surface area contributed by atoms with E-state index in [0.29, 0.717) is 5.92 Å². The highest BCUT2D eigenvalue weighted by molar-refractivity contribution is 7.13. The van der Waals surface area contributed by atoms with Crippen LogP contribution in [0.2, 0.25) is 0 Å². The second kappa shape index (κ2) is 5.17. The molecular formula is C18H22BNO2S. The molecular weight excluding hydrogens is 305 g/mol. The van der Waals surface area contributed by atoms with Gasteiger partial charge in [-0.1, -0.05) is 18.2 Å². The number of aromatic nitrogens is 1. The topological polar surface area (TPSA) is 31.4 Å². The normalized spacial score (nSPS) is 22.5. The van der Waals surface area contributed by atoms with Gasteiger partial charge < -0.3 is 9.31 Å². The van der Waals surface area contributed by atoms with Crippen molar-refractivity contribution in [1.82, 2.24) is 4.98 Å². The molecule has 2 aliphatic rings. The van der Waals surface area contributed by atoms with Gasteiger partial charge >= 0.3 is 7.12 Å². The SMILES string of the molecule is CC1(C)OB(c2cc(-c3cncs3)cc(C3CC3)c2)OC1(C)C. The zero-order valence-corrected chi connectivity index (χ0v) is 14.9. The Balaban J connectivity index is 1.74.